The van der Waals surface area contributed by atoms with Gasteiger partial charge in [0.15, 0.2) is 5.65 Å². The first-order valence-corrected chi connectivity index (χ1v) is 12.4. The number of aryl methyl sites for hydroxylation is 1. The van der Waals surface area contributed by atoms with Crippen molar-refractivity contribution in [3.8, 4) is 28.0 Å². The second kappa shape index (κ2) is 9.27. The van der Waals surface area contributed by atoms with E-state index in [4.69, 9.17) is 4.74 Å². The fourth-order valence-electron chi connectivity index (χ4n) is 5.02. The van der Waals surface area contributed by atoms with Crippen LogP contribution in [0.15, 0.2) is 49.1 Å². The number of carbonyl (C=O) groups excluding carboxylic acids is 1. The van der Waals surface area contributed by atoms with E-state index in [-0.39, 0.29) is 18.3 Å². The second-order valence-electron chi connectivity index (χ2n) is 9.16. The van der Waals surface area contributed by atoms with E-state index in [1.54, 1.807) is 42.6 Å². The highest BCUT2D eigenvalue weighted by atomic mass is 19.1. The van der Waals surface area contributed by atoms with Crippen molar-refractivity contribution in [3.05, 3.63) is 54.9 Å². The van der Waals surface area contributed by atoms with Crippen LogP contribution in [-0.4, -0.2) is 60.5 Å². The first kappa shape index (κ1) is 23.1. The maximum absolute atomic E-state index is 15.2. The van der Waals surface area contributed by atoms with Gasteiger partial charge in [0, 0.05) is 47.8 Å². The number of carbonyl (C=O) groups is 1. The molecule has 9 nitrogen and oxygen atoms in total. The molecule has 2 aromatic carbocycles. The number of rotatable bonds is 6. The molecule has 4 heterocycles. The standard InChI is InChI=1S/C27H26FN7O2/c1-3-33-16-29-26-21(14-30-32-27(26)33)17-6-7-22(28)19(10-17)20-11-18-13-31-35(23(18)12-24(20)37-2)15-25(36)34-8-4-5-9-34/h6-7,10-14,16H,3-5,8-9,15H2,1-2H3. The number of imidazole rings is 1. The zero-order valence-electron chi connectivity index (χ0n) is 20.7. The first-order valence-electron chi connectivity index (χ1n) is 12.4. The molecule has 1 saturated heterocycles. The van der Waals surface area contributed by atoms with Gasteiger partial charge >= 0.3 is 0 Å². The molecule has 1 amide bonds. The van der Waals surface area contributed by atoms with Gasteiger partial charge in [-0.05, 0) is 43.5 Å². The van der Waals surface area contributed by atoms with Gasteiger partial charge in [0.2, 0.25) is 5.91 Å². The van der Waals surface area contributed by atoms with Crippen LogP contribution >= 0.6 is 0 Å². The number of halogens is 1. The molecular formula is C27H26FN7O2. The van der Waals surface area contributed by atoms with Crippen molar-refractivity contribution >= 4 is 28.0 Å². The molecule has 0 atom stereocenters. The van der Waals surface area contributed by atoms with E-state index in [2.05, 4.69) is 20.3 Å². The molecule has 0 radical (unpaired) electrons. The van der Waals surface area contributed by atoms with Crippen LogP contribution in [0.5, 0.6) is 5.75 Å². The number of likely N-dealkylation sites (tertiary alicyclic amines) is 1. The van der Waals surface area contributed by atoms with Crippen LogP contribution in [-0.2, 0) is 17.9 Å². The Hall–Kier alpha value is -4.34. The van der Waals surface area contributed by atoms with E-state index in [9.17, 15) is 4.79 Å². The summed E-state index contributed by atoms with van der Waals surface area (Å²) in [7, 11) is 1.55. The van der Waals surface area contributed by atoms with Gasteiger partial charge in [0.25, 0.3) is 0 Å². The number of amides is 1. The van der Waals surface area contributed by atoms with Gasteiger partial charge in [-0.1, -0.05) is 6.07 Å². The zero-order chi connectivity index (χ0) is 25.5. The highest BCUT2D eigenvalue weighted by Crippen LogP contribution is 2.38. The Balaban J connectivity index is 1.42. The van der Waals surface area contributed by atoms with Crippen molar-refractivity contribution in [1.29, 1.82) is 0 Å². The Bertz CT molecular complexity index is 1640. The molecule has 10 heteroatoms. The minimum Gasteiger partial charge on any atom is -0.496 e. The first-order chi connectivity index (χ1) is 18.1. The van der Waals surface area contributed by atoms with Crippen molar-refractivity contribution in [2.24, 2.45) is 0 Å². The van der Waals surface area contributed by atoms with Crippen LogP contribution < -0.4 is 4.74 Å². The number of fused-ring (bicyclic) bond motifs is 2. The lowest BCUT2D eigenvalue weighted by Crippen LogP contribution is -2.31. The van der Waals surface area contributed by atoms with Crippen molar-refractivity contribution in [1.82, 2.24) is 34.4 Å². The Labute approximate surface area is 212 Å². The van der Waals surface area contributed by atoms with Gasteiger partial charge < -0.3 is 14.2 Å². The van der Waals surface area contributed by atoms with E-state index in [1.807, 2.05) is 28.5 Å². The van der Waals surface area contributed by atoms with Gasteiger partial charge in [-0.3, -0.25) is 9.48 Å². The summed E-state index contributed by atoms with van der Waals surface area (Å²) in [5.41, 5.74) is 4.67. The van der Waals surface area contributed by atoms with Crippen molar-refractivity contribution in [2.75, 3.05) is 20.2 Å². The summed E-state index contributed by atoms with van der Waals surface area (Å²) in [6, 6.07) is 8.60. The van der Waals surface area contributed by atoms with E-state index < -0.39 is 0 Å². The third-order valence-corrected chi connectivity index (χ3v) is 7.02. The lowest BCUT2D eigenvalue weighted by atomic mass is 9.97. The summed E-state index contributed by atoms with van der Waals surface area (Å²) < 4.78 is 24.5. The number of benzene rings is 2. The largest absolute Gasteiger partial charge is 0.496 e. The zero-order valence-corrected chi connectivity index (χ0v) is 20.7. The third kappa shape index (κ3) is 3.98. The molecule has 0 N–H and O–H groups in total. The van der Waals surface area contributed by atoms with Crippen LogP contribution in [0.4, 0.5) is 4.39 Å². The summed E-state index contributed by atoms with van der Waals surface area (Å²) in [4.78, 5) is 19.1. The Kier molecular flexibility index (Phi) is 5.78. The smallest absolute Gasteiger partial charge is 0.244 e. The van der Waals surface area contributed by atoms with E-state index >= 15 is 4.39 Å². The summed E-state index contributed by atoms with van der Waals surface area (Å²) in [5, 5.41) is 13.6. The van der Waals surface area contributed by atoms with Gasteiger partial charge in [-0.2, -0.15) is 10.2 Å². The van der Waals surface area contributed by atoms with Gasteiger partial charge in [0.1, 0.15) is 23.6 Å². The molecule has 3 aromatic heterocycles. The average molecular weight is 500 g/mol. The highest BCUT2D eigenvalue weighted by molar-refractivity contribution is 5.93. The number of hydrogen-bond acceptors (Lipinski definition) is 6. The maximum Gasteiger partial charge on any atom is 0.244 e. The van der Waals surface area contributed by atoms with Crippen LogP contribution in [0.1, 0.15) is 19.8 Å². The molecule has 6 rings (SSSR count). The lowest BCUT2D eigenvalue weighted by molar-refractivity contribution is -0.130. The van der Waals surface area contributed by atoms with Crippen LogP contribution in [0.2, 0.25) is 0 Å². The van der Waals surface area contributed by atoms with Crippen LogP contribution in [0, 0.1) is 5.82 Å². The third-order valence-electron chi connectivity index (χ3n) is 7.02. The predicted molar refractivity (Wildman–Crippen MR) is 137 cm³/mol. The Morgan fingerprint density at radius 2 is 1.92 bits per heavy atom. The van der Waals surface area contributed by atoms with E-state index in [1.165, 1.54) is 6.07 Å². The normalized spacial score (nSPS) is 13.6. The molecule has 37 heavy (non-hydrogen) atoms. The molecule has 0 aliphatic carbocycles. The van der Waals surface area contributed by atoms with Crippen LogP contribution in [0.25, 0.3) is 44.3 Å². The second-order valence-corrected chi connectivity index (χ2v) is 9.16. The SMILES string of the molecule is CCn1cnc2c(-c3ccc(F)c(-c4cc5cnn(CC(=O)N6CCCC6)c5cc4OC)c3)cnnc21. The van der Waals surface area contributed by atoms with Crippen molar-refractivity contribution in [3.63, 3.8) is 0 Å². The predicted octanol–water partition coefficient (Wildman–Crippen LogP) is 4.30. The molecule has 0 spiro atoms. The Morgan fingerprint density at radius 3 is 2.70 bits per heavy atom. The molecule has 188 valence electrons. The summed E-state index contributed by atoms with van der Waals surface area (Å²) in [6.45, 7) is 4.47. The molecule has 0 unspecified atom stereocenters. The number of nitrogens with zero attached hydrogens (tertiary/aromatic N) is 7. The van der Waals surface area contributed by atoms with Crippen LogP contribution in [0.3, 0.4) is 0 Å². The maximum atomic E-state index is 15.2. The number of ether oxygens (including phenoxy) is 1. The quantitative estimate of drug-likeness (QED) is 0.346. The minimum absolute atomic E-state index is 0.0482. The van der Waals surface area contributed by atoms with Gasteiger partial charge in [0.05, 0.1) is 31.3 Å². The highest BCUT2D eigenvalue weighted by Gasteiger charge is 2.21. The van der Waals surface area contributed by atoms with Gasteiger partial charge in [-0.25, -0.2) is 9.37 Å². The molecule has 5 aromatic rings. The fraction of sp³-hybridized carbons (Fsp3) is 0.296. The number of hydrogen-bond donors (Lipinski definition) is 0. The van der Waals surface area contributed by atoms with Crippen molar-refractivity contribution < 1.29 is 13.9 Å². The topological polar surface area (TPSA) is 91.0 Å². The molecule has 1 aliphatic rings. The Morgan fingerprint density at radius 1 is 1.08 bits per heavy atom. The summed E-state index contributed by atoms with van der Waals surface area (Å²) in [5.74, 6) is 0.162. The summed E-state index contributed by atoms with van der Waals surface area (Å²) >= 11 is 0. The summed E-state index contributed by atoms with van der Waals surface area (Å²) in [6.07, 6.45) is 7.15. The number of methoxy groups -OCH3 is 1. The fourth-order valence-corrected chi connectivity index (χ4v) is 5.02. The molecule has 1 fully saturated rings. The minimum atomic E-state index is -0.379. The van der Waals surface area contributed by atoms with E-state index in [0.717, 1.165) is 54.5 Å². The molecule has 1 aliphatic heterocycles. The van der Waals surface area contributed by atoms with E-state index in [0.29, 0.717) is 28.0 Å². The average Bonchev–Trinajstić information content (AvgIpc) is 3.68. The van der Waals surface area contributed by atoms with Gasteiger partial charge in [-0.15, -0.1) is 5.10 Å². The monoisotopic (exact) mass is 499 g/mol. The lowest BCUT2D eigenvalue weighted by Gasteiger charge is -2.16. The molecule has 0 bridgehead atoms. The molecule has 0 saturated carbocycles. The molecular weight excluding hydrogens is 473 g/mol. The van der Waals surface area contributed by atoms with Crippen molar-refractivity contribution in [2.45, 2.75) is 32.9 Å². The number of aromatic nitrogens is 6.